The molecule has 2 aliphatic rings. The van der Waals surface area contributed by atoms with Crippen molar-refractivity contribution in [1.29, 1.82) is 0 Å². The van der Waals surface area contributed by atoms with E-state index in [4.69, 9.17) is 4.74 Å². The molecule has 0 aromatic heterocycles. The maximum Gasteiger partial charge on any atom is 0.306 e. The average Bonchev–Trinajstić information content (AvgIpc) is 2.80. The maximum atomic E-state index is 13.0. The summed E-state index contributed by atoms with van der Waals surface area (Å²) in [4.78, 5) is 31.2. The first-order chi connectivity index (χ1) is 15.3. The highest BCUT2D eigenvalue weighted by atomic mass is 79.9. The van der Waals surface area contributed by atoms with Crippen LogP contribution >= 0.6 is 31.9 Å². The number of methoxy groups -OCH3 is 1. The second-order valence-electron chi connectivity index (χ2n) is 8.77. The van der Waals surface area contributed by atoms with Crippen LogP contribution in [-0.4, -0.2) is 90.6 Å². The van der Waals surface area contributed by atoms with E-state index in [0.29, 0.717) is 27.8 Å². The van der Waals surface area contributed by atoms with E-state index in [0.717, 1.165) is 64.2 Å². The average molecular weight is 575 g/mol. The molecule has 1 aromatic carbocycles. The normalized spacial score (nSPS) is 19.7. The molecule has 7 nitrogen and oxygen atoms in total. The van der Waals surface area contributed by atoms with Crippen molar-refractivity contribution < 1.29 is 19.4 Å². The van der Waals surface area contributed by atoms with Gasteiger partial charge in [0.15, 0.2) is 0 Å². The standard InChI is InChI=1S/C23H33Br2N3O4/c1-16(13-17-14-19(24)22(30)20(25)15-17)23(31)28-7-3-18(4-8-28)27-11-9-26(10-12-27)6-5-21(29)32-2/h14-16,18,30H,3-13H2,1-2H3/t16-/m1/s1. The molecule has 1 N–H and O–H groups in total. The number of piperazine rings is 1. The van der Waals surface area contributed by atoms with Crippen LogP contribution in [0.5, 0.6) is 5.75 Å². The highest BCUT2D eigenvalue weighted by Gasteiger charge is 2.30. The topological polar surface area (TPSA) is 73.3 Å². The first-order valence-electron chi connectivity index (χ1n) is 11.3. The fourth-order valence-electron chi connectivity index (χ4n) is 4.64. The molecule has 2 heterocycles. The molecule has 0 radical (unpaired) electrons. The molecule has 3 rings (SSSR count). The molecule has 0 saturated carbocycles. The van der Waals surface area contributed by atoms with Crippen molar-refractivity contribution in [2.75, 3.05) is 52.9 Å². The molecule has 1 aromatic rings. The Labute approximate surface area is 207 Å². The zero-order valence-electron chi connectivity index (χ0n) is 18.9. The third-order valence-corrected chi connectivity index (χ3v) is 7.81. The number of halogens is 2. The van der Waals surface area contributed by atoms with Gasteiger partial charge in [-0.25, -0.2) is 0 Å². The Morgan fingerprint density at radius 1 is 1.09 bits per heavy atom. The van der Waals surface area contributed by atoms with E-state index in [9.17, 15) is 14.7 Å². The summed E-state index contributed by atoms with van der Waals surface area (Å²) in [6.07, 6.45) is 3.12. The van der Waals surface area contributed by atoms with Crippen LogP contribution in [0.2, 0.25) is 0 Å². The van der Waals surface area contributed by atoms with E-state index in [2.05, 4.69) is 41.7 Å². The van der Waals surface area contributed by atoms with Crippen molar-refractivity contribution in [1.82, 2.24) is 14.7 Å². The Morgan fingerprint density at radius 2 is 1.69 bits per heavy atom. The van der Waals surface area contributed by atoms with Crippen LogP contribution in [0.15, 0.2) is 21.1 Å². The van der Waals surface area contributed by atoms with Crippen LogP contribution in [0.4, 0.5) is 0 Å². The van der Waals surface area contributed by atoms with E-state index in [-0.39, 0.29) is 23.5 Å². The number of aromatic hydroxyl groups is 1. The van der Waals surface area contributed by atoms with Gasteiger partial charge >= 0.3 is 5.97 Å². The third-order valence-electron chi connectivity index (χ3n) is 6.60. The van der Waals surface area contributed by atoms with Crippen LogP contribution in [0, 0.1) is 5.92 Å². The number of nitrogens with zero attached hydrogens (tertiary/aromatic N) is 3. The predicted octanol–water partition coefficient (Wildman–Crippen LogP) is 3.27. The number of hydrogen-bond donors (Lipinski definition) is 1. The number of hydrogen-bond acceptors (Lipinski definition) is 6. The minimum atomic E-state index is -0.149. The van der Waals surface area contributed by atoms with Crippen LogP contribution in [-0.2, 0) is 20.7 Å². The van der Waals surface area contributed by atoms with Crippen molar-refractivity contribution in [3.8, 4) is 5.75 Å². The summed E-state index contributed by atoms with van der Waals surface area (Å²) in [6.45, 7) is 8.34. The van der Waals surface area contributed by atoms with E-state index in [1.807, 2.05) is 24.0 Å². The molecule has 1 atom stereocenters. The van der Waals surface area contributed by atoms with Crippen molar-refractivity contribution in [3.63, 3.8) is 0 Å². The van der Waals surface area contributed by atoms with E-state index in [1.54, 1.807) is 0 Å². The van der Waals surface area contributed by atoms with Crippen molar-refractivity contribution in [3.05, 3.63) is 26.6 Å². The van der Waals surface area contributed by atoms with E-state index in [1.165, 1.54) is 7.11 Å². The van der Waals surface area contributed by atoms with E-state index < -0.39 is 0 Å². The molecule has 0 bridgehead atoms. The van der Waals surface area contributed by atoms with Gasteiger partial charge in [-0.05, 0) is 68.8 Å². The van der Waals surface area contributed by atoms with Gasteiger partial charge in [-0.3, -0.25) is 14.5 Å². The van der Waals surface area contributed by atoms with Crippen molar-refractivity contribution in [2.45, 2.75) is 38.6 Å². The number of phenols is 1. The minimum Gasteiger partial charge on any atom is -0.506 e. The summed E-state index contributed by atoms with van der Waals surface area (Å²) in [5.41, 5.74) is 1.02. The number of piperidine rings is 1. The number of likely N-dealkylation sites (tertiary alicyclic amines) is 1. The number of esters is 1. The summed E-state index contributed by atoms with van der Waals surface area (Å²) in [6, 6.07) is 4.28. The Hall–Kier alpha value is -1.16. The molecule has 0 aliphatic carbocycles. The predicted molar refractivity (Wildman–Crippen MR) is 131 cm³/mol. The van der Waals surface area contributed by atoms with Gasteiger partial charge in [0, 0.05) is 57.8 Å². The zero-order chi connectivity index (χ0) is 23.3. The first-order valence-corrected chi connectivity index (χ1v) is 12.9. The molecule has 32 heavy (non-hydrogen) atoms. The van der Waals surface area contributed by atoms with Crippen LogP contribution in [0.1, 0.15) is 31.7 Å². The number of carbonyl (C=O) groups is 2. The lowest BCUT2D eigenvalue weighted by Crippen LogP contribution is -2.54. The smallest absolute Gasteiger partial charge is 0.306 e. The molecule has 9 heteroatoms. The molecule has 2 aliphatic heterocycles. The second-order valence-corrected chi connectivity index (χ2v) is 10.5. The summed E-state index contributed by atoms with van der Waals surface area (Å²) >= 11 is 6.73. The van der Waals surface area contributed by atoms with Crippen LogP contribution < -0.4 is 0 Å². The SMILES string of the molecule is COC(=O)CCN1CCN(C2CCN(C(=O)[C@H](C)Cc3cc(Br)c(O)c(Br)c3)CC2)CC1. The lowest BCUT2D eigenvalue weighted by atomic mass is 9.97. The molecule has 0 unspecified atom stereocenters. The van der Waals surface area contributed by atoms with Crippen molar-refractivity contribution >= 4 is 43.7 Å². The quantitative estimate of drug-likeness (QED) is 0.504. The Balaban J connectivity index is 1.42. The third kappa shape index (κ3) is 6.68. The van der Waals surface area contributed by atoms with Gasteiger partial charge in [0.2, 0.25) is 5.91 Å². The van der Waals surface area contributed by atoms with Gasteiger partial charge in [-0.1, -0.05) is 6.92 Å². The minimum absolute atomic E-state index is 0.103. The highest BCUT2D eigenvalue weighted by molar-refractivity contribution is 9.11. The maximum absolute atomic E-state index is 13.0. The Morgan fingerprint density at radius 3 is 2.25 bits per heavy atom. The molecule has 0 spiro atoms. The highest BCUT2D eigenvalue weighted by Crippen LogP contribution is 2.34. The number of rotatable bonds is 7. The lowest BCUT2D eigenvalue weighted by molar-refractivity contribution is -0.141. The number of benzene rings is 1. The molecular weight excluding hydrogens is 542 g/mol. The monoisotopic (exact) mass is 573 g/mol. The fourth-order valence-corrected chi connectivity index (χ4v) is 5.92. The van der Waals surface area contributed by atoms with Gasteiger partial charge in [0.25, 0.3) is 0 Å². The summed E-state index contributed by atoms with van der Waals surface area (Å²) < 4.78 is 5.99. The van der Waals surface area contributed by atoms with Gasteiger partial charge in [0.1, 0.15) is 5.75 Å². The molecule has 2 fully saturated rings. The van der Waals surface area contributed by atoms with Gasteiger partial charge < -0.3 is 19.6 Å². The van der Waals surface area contributed by atoms with Crippen LogP contribution in [0.3, 0.4) is 0 Å². The molecular formula is C23H33Br2N3O4. The summed E-state index contributed by atoms with van der Waals surface area (Å²) in [7, 11) is 1.43. The van der Waals surface area contributed by atoms with Gasteiger partial charge in [-0.15, -0.1) is 0 Å². The lowest BCUT2D eigenvalue weighted by Gasteiger charge is -2.43. The first kappa shape index (κ1) is 25.5. The molecule has 178 valence electrons. The van der Waals surface area contributed by atoms with Crippen LogP contribution in [0.25, 0.3) is 0 Å². The molecule has 2 saturated heterocycles. The number of phenolic OH excluding ortho intramolecular Hbond substituents is 1. The number of amides is 1. The van der Waals surface area contributed by atoms with E-state index >= 15 is 0 Å². The largest absolute Gasteiger partial charge is 0.506 e. The Kier molecular flexibility index (Phi) is 9.40. The van der Waals surface area contributed by atoms with Crippen molar-refractivity contribution in [2.24, 2.45) is 5.92 Å². The van der Waals surface area contributed by atoms with Gasteiger partial charge in [-0.2, -0.15) is 0 Å². The second kappa shape index (κ2) is 11.8. The molecule has 1 amide bonds. The number of carbonyl (C=O) groups excluding carboxylic acids is 2. The fraction of sp³-hybridized carbons (Fsp3) is 0.652. The number of ether oxygens (including phenoxy) is 1. The summed E-state index contributed by atoms with van der Waals surface area (Å²) in [5, 5.41) is 9.89. The zero-order valence-corrected chi connectivity index (χ0v) is 22.0. The van der Waals surface area contributed by atoms with Gasteiger partial charge in [0.05, 0.1) is 22.5 Å². The Bertz CT molecular complexity index is 783. The summed E-state index contributed by atoms with van der Waals surface area (Å²) in [5.74, 6) is 0.133.